The minimum absolute atomic E-state index is 0.129. The maximum Gasteiger partial charge on any atom is 0.329 e. The Morgan fingerprint density at radius 2 is 2.00 bits per heavy atom. The van der Waals surface area contributed by atoms with Gasteiger partial charge in [-0.25, -0.2) is 4.79 Å². The molecule has 1 atom stereocenters. The Balaban J connectivity index is 4.54. The van der Waals surface area contributed by atoms with Gasteiger partial charge < -0.3 is 15.2 Å². The first-order valence-electron chi connectivity index (χ1n) is 4.38. The van der Waals surface area contributed by atoms with E-state index in [9.17, 15) is 9.59 Å². The Bertz CT molecular complexity index is 227. The molecule has 0 rings (SSSR count). The Morgan fingerprint density at radius 3 is 2.29 bits per heavy atom. The lowest BCUT2D eigenvalue weighted by Crippen LogP contribution is -2.56. The molecule has 0 aliphatic rings. The fourth-order valence-corrected chi connectivity index (χ4v) is 0.902. The van der Waals surface area contributed by atoms with Crippen LogP contribution in [-0.4, -0.2) is 36.2 Å². The number of hydrogen-bond donors (Lipinski definition) is 2. The summed E-state index contributed by atoms with van der Waals surface area (Å²) >= 11 is 0. The van der Waals surface area contributed by atoms with Crippen LogP contribution < -0.4 is 5.32 Å². The number of carboxylic acid groups (broad SMARTS) is 1. The Labute approximate surface area is 83.4 Å². The van der Waals surface area contributed by atoms with Crippen LogP contribution in [0.4, 0.5) is 0 Å². The molecule has 0 spiro atoms. The van der Waals surface area contributed by atoms with Gasteiger partial charge in [0, 0.05) is 7.11 Å². The number of carbonyl (C=O) groups is 2. The van der Waals surface area contributed by atoms with Gasteiger partial charge in [0.15, 0.2) is 0 Å². The van der Waals surface area contributed by atoms with E-state index >= 15 is 0 Å². The van der Waals surface area contributed by atoms with Gasteiger partial charge in [0.25, 0.3) is 0 Å². The van der Waals surface area contributed by atoms with E-state index in [0.717, 1.165) is 0 Å². The van der Waals surface area contributed by atoms with E-state index < -0.39 is 17.4 Å². The molecule has 0 bridgehead atoms. The third-order valence-corrected chi connectivity index (χ3v) is 2.27. The number of nitrogens with one attached hydrogen (secondary N) is 1. The van der Waals surface area contributed by atoms with Crippen molar-refractivity contribution in [3.63, 3.8) is 0 Å². The molecular formula is C9H17NO4. The molecule has 1 unspecified atom stereocenters. The first-order chi connectivity index (χ1) is 6.34. The molecule has 5 heteroatoms. The zero-order valence-corrected chi connectivity index (χ0v) is 8.96. The third kappa shape index (κ3) is 2.99. The quantitative estimate of drug-likeness (QED) is 0.671. The Kier molecular flexibility index (Phi) is 4.56. The number of aliphatic carboxylic acids is 1. The average Bonchev–Trinajstić information content (AvgIpc) is 2.03. The maximum absolute atomic E-state index is 11.2. The fraction of sp³-hybridized carbons (Fsp3) is 0.778. The van der Waals surface area contributed by atoms with E-state index in [2.05, 4.69) is 10.1 Å². The Morgan fingerprint density at radius 1 is 1.50 bits per heavy atom. The standard InChI is InChI=1S/C9H17NO4/c1-6(2)9(3,8(12)13)10-7(11)5-14-4/h6H,5H2,1-4H3,(H,10,11)(H,12,13). The summed E-state index contributed by atoms with van der Waals surface area (Å²) in [6.45, 7) is 4.82. The predicted octanol–water partition coefficient (Wildman–Crippen LogP) is 0.248. The van der Waals surface area contributed by atoms with E-state index in [0.29, 0.717) is 0 Å². The third-order valence-electron chi connectivity index (χ3n) is 2.27. The van der Waals surface area contributed by atoms with Crippen molar-refractivity contribution >= 4 is 11.9 Å². The van der Waals surface area contributed by atoms with E-state index in [-0.39, 0.29) is 12.5 Å². The van der Waals surface area contributed by atoms with Crippen molar-refractivity contribution in [2.45, 2.75) is 26.3 Å². The van der Waals surface area contributed by atoms with Crippen molar-refractivity contribution in [3.8, 4) is 0 Å². The van der Waals surface area contributed by atoms with Crippen LogP contribution in [-0.2, 0) is 14.3 Å². The summed E-state index contributed by atoms with van der Waals surface area (Å²) in [5.74, 6) is -1.66. The Hall–Kier alpha value is -1.10. The normalized spacial score (nSPS) is 14.9. The highest BCUT2D eigenvalue weighted by Crippen LogP contribution is 2.16. The molecule has 0 aromatic heterocycles. The number of methoxy groups -OCH3 is 1. The van der Waals surface area contributed by atoms with Gasteiger partial charge in [-0.2, -0.15) is 0 Å². The smallest absolute Gasteiger partial charge is 0.329 e. The molecule has 0 radical (unpaired) electrons. The second-order valence-electron chi connectivity index (χ2n) is 3.64. The molecule has 1 amide bonds. The topological polar surface area (TPSA) is 75.6 Å². The van der Waals surface area contributed by atoms with Crippen molar-refractivity contribution in [1.82, 2.24) is 5.32 Å². The van der Waals surface area contributed by atoms with Gasteiger partial charge in [0.1, 0.15) is 12.1 Å². The van der Waals surface area contributed by atoms with Gasteiger partial charge in [-0.15, -0.1) is 0 Å². The first-order valence-corrected chi connectivity index (χ1v) is 4.38. The molecule has 0 aliphatic carbocycles. The molecule has 2 N–H and O–H groups in total. The van der Waals surface area contributed by atoms with Crippen molar-refractivity contribution < 1.29 is 19.4 Å². The SMILES string of the molecule is COCC(=O)NC(C)(C(=O)O)C(C)C. The summed E-state index contributed by atoms with van der Waals surface area (Å²) in [5, 5.41) is 11.4. The summed E-state index contributed by atoms with van der Waals surface area (Å²) in [6, 6.07) is 0. The van der Waals surface area contributed by atoms with Gasteiger partial charge >= 0.3 is 5.97 Å². The van der Waals surface area contributed by atoms with E-state index in [1.165, 1.54) is 14.0 Å². The zero-order valence-electron chi connectivity index (χ0n) is 8.96. The zero-order chi connectivity index (χ0) is 11.4. The maximum atomic E-state index is 11.2. The summed E-state index contributed by atoms with van der Waals surface area (Å²) in [7, 11) is 1.38. The van der Waals surface area contributed by atoms with E-state index in [1.54, 1.807) is 13.8 Å². The molecule has 0 heterocycles. The first kappa shape index (κ1) is 12.9. The lowest BCUT2D eigenvalue weighted by Gasteiger charge is -2.29. The lowest BCUT2D eigenvalue weighted by atomic mass is 9.88. The van der Waals surface area contributed by atoms with Crippen molar-refractivity contribution in [1.29, 1.82) is 0 Å². The van der Waals surface area contributed by atoms with E-state index in [4.69, 9.17) is 5.11 Å². The fourth-order valence-electron chi connectivity index (χ4n) is 0.902. The monoisotopic (exact) mass is 203 g/mol. The van der Waals surface area contributed by atoms with Gasteiger partial charge in [-0.05, 0) is 12.8 Å². The number of rotatable bonds is 5. The molecule has 0 saturated carbocycles. The molecule has 5 nitrogen and oxygen atoms in total. The number of carbonyl (C=O) groups excluding carboxylic acids is 1. The highest BCUT2D eigenvalue weighted by atomic mass is 16.5. The van der Waals surface area contributed by atoms with Crippen molar-refractivity contribution in [2.75, 3.05) is 13.7 Å². The van der Waals surface area contributed by atoms with E-state index in [1.807, 2.05) is 0 Å². The highest BCUT2D eigenvalue weighted by Gasteiger charge is 2.37. The number of hydrogen-bond acceptors (Lipinski definition) is 3. The van der Waals surface area contributed by atoms with Gasteiger partial charge in [0.2, 0.25) is 5.91 Å². The molecule has 0 aromatic carbocycles. The number of amides is 1. The van der Waals surface area contributed by atoms with Gasteiger partial charge in [-0.1, -0.05) is 13.8 Å². The highest BCUT2D eigenvalue weighted by molar-refractivity contribution is 5.87. The molecule has 82 valence electrons. The van der Waals surface area contributed by atoms with Crippen LogP contribution in [0.15, 0.2) is 0 Å². The molecule has 0 aromatic rings. The van der Waals surface area contributed by atoms with Crippen molar-refractivity contribution in [3.05, 3.63) is 0 Å². The van der Waals surface area contributed by atoms with Crippen LogP contribution in [0.25, 0.3) is 0 Å². The van der Waals surface area contributed by atoms with Crippen LogP contribution in [0, 0.1) is 5.92 Å². The number of ether oxygens (including phenoxy) is 1. The van der Waals surface area contributed by atoms with Gasteiger partial charge in [0.05, 0.1) is 0 Å². The minimum Gasteiger partial charge on any atom is -0.480 e. The van der Waals surface area contributed by atoms with Crippen LogP contribution >= 0.6 is 0 Å². The summed E-state index contributed by atoms with van der Waals surface area (Å²) in [6.07, 6.45) is 0. The summed E-state index contributed by atoms with van der Waals surface area (Å²) in [5.41, 5.74) is -1.24. The second-order valence-corrected chi connectivity index (χ2v) is 3.64. The van der Waals surface area contributed by atoms with Crippen LogP contribution in [0.2, 0.25) is 0 Å². The molecule has 0 fully saturated rings. The van der Waals surface area contributed by atoms with Crippen LogP contribution in [0.5, 0.6) is 0 Å². The molecule has 0 aliphatic heterocycles. The predicted molar refractivity (Wildman–Crippen MR) is 50.9 cm³/mol. The minimum atomic E-state index is -1.24. The van der Waals surface area contributed by atoms with Crippen LogP contribution in [0.3, 0.4) is 0 Å². The molecule has 0 saturated heterocycles. The summed E-state index contributed by atoms with van der Waals surface area (Å²) in [4.78, 5) is 22.1. The number of carboxylic acids is 1. The van der Waals surface area contributed by atoms with Crippen molar-refractivity contribution in [2.24, 2.45) is 5.92 Å². The summed E-state index contributed by atoms with van der Waals surface area (Å²) < 4.78 is 4.60. The van der Waals surface area contributed by atoms with Gasteiger partial charge in [-0.3, -0.25) is 4.79 Å². The second kappa shape index (κ2) is 4.95. The molecule has 14 heavy (non-hydrogen) atoms. The lowest BCUT2D eigenvalue weighted by molar-refractivity contribution is -0.149. The van der Waals surface area contributed by atoms with Crippen LogP contribution in [0.1, 0.15) is 20.8 Å². The average molecular weight is 203 g/mol. The molecular weight excluding hydrogens is 186 g/mol. The largest absolute Gasteiger partial charge is 0.480 e.